The van der Waals surface area contributed by atoms with Gasteiger partial charge in [0.05, 0.1) is 12.7 Å². The number of aromatic amines is 1. The van der Waals surface area contributed by atoms with Gasteiger partial charge < -0.3 is 26.2 Å². The molecule has 1 heterocycles. The number of hydrogen-bond acceptors (Lipinski definition) is 5. The summed E-state index contributed by atoms with van der Waals surface area (Å²) in [6, 6.07) is -2.53. The lowest BCUT2D eigenvalue weighted by Gasteiger charge is -2.14. The Morgan fingerprint density at radius 2 is 2.05 bits per heavy atom. The minimum atomic E-state index is -1.36. The van der Waals surface area contributed by atoms with Crippen molar-refractivity contribution in [1.29, 1.82) is 0 Å². The highest BCUT2D eigenvalue weighted by Gasteiger charge is 2.23. The number of nitrogens with one attached hydrogen (secondary N) is 2. The summed E-state index contributed by atoms with van der Waals surface area (Å²) in [5, 5.41) is 19.7. The molecule has 1 aromatic heterocycles. The maximum Gasteiger partial charge on any atom is 0.326 e. The number of H-pyrrole nitrogens is 1. The van der Waals surface area contributed by atoms with Gasteiger partial charge in [0.25, 0.3) is 0 Å². The summed E-state index contributed by atoms with van der Waals surface area (Å²) in [6.07, 6.45) is 2.35. The molecule has 2 unspecified atom stereocenters. The normalized spacial score (nSPS) is 13.5. The summed E-state index contributed by atoms with van der Waals surface area (Å²) in [5.74, 6) is -3.29. The molecule has 2 atom stereocenters. The fraction of sp³-hybridized carbons (Fsp3) is 0.400. The van der Waals surface area contributed by atoms with Gasteiger partial charge in [-0.25, -0.2) is 9.78 Å². The highest BCUT2D eigenvalue weighted by molar-refractivity contribution is 5.87. The van der Waals surface area contributed by atoms with E-state index in [0.717, 1.165) is 0 Å². The molecule has 104 valence electrons. The van der Waals surface area contributed by atoms with Crippen molar-refractivity contribution in [2.75, 3.05) is 0 Å². The van der Waals surface area contributed by atoms with E-state index in [9.17, 15) is 14.4 Å². The second-order valence-corrected chi connectivity index (χ2v) is 3.89. The van der Waals surface area contributed by atoms with Crippen molar-refractivity contribution in [3.8, 4) is 0 Å². The highest BCUT2D eigenvalue weighted by Crippen LogP contribution is 2.00. The first-order valence-corrected chi connectivity index (χ1v) is 5.38. The SMILES string of the molecule is NC(CC(=O)NC(Cc1cnc[nH]1)C(=O)O)C(=O)O. The van der Waals surface area contributed by atoms with Crippen LogP contribution < -0.4 is 11.1 Å². The first-order chi connectivity index (χ1) is 8.90. The third-order valence-corrected chi connectivity index (χ3v) is 2.33. The number of rotatable bonds is 7. The monoisotopic (exact) mass is 270 g/mol. The van der Waals surface area contributed by atoms with E-state index in [1.165, 1.54) is 12.5 Å². The zero-order valence-electron chi connectivity index (χ0n) is 9.87. The van der Waals surface area contributed by atoms with Crippen LogP contribution in [0.4, 0.5) is 0 Å². The summed E-state index contributed by atoms with van der Waals surface area (Å²) < 4.78 is 0. The zero-order valence-corrected chi connectivity index (χ0v) is 9.87. The number of nitrogens with zero attached hydrogens (tertiary/aromatic N) is 1. The summed E-state index contributed by atoms with van der Waals surface area (Å²) in [6.45, 7) is 0. The molecule has 0 radical (unpaired) electrons. The van der Waals surface area contributed by atoms with Crippen LogP contribution in [0.25, 0.3) is 0 Å². The number of carbonyl (C=O) groups is 3. The lowest BCUT2D eigenvalue weighted by molar-refractivity contribution is -0.142. The van der Waals surface area contributed by atoms with Crippen molar-refractivity contribution in [2.45, 2.75) is 24.9 Å². The van der Waals surface area contributed by atoms with Crippen LogP contribution in [-0.4, -0.2) is 50.1 Å². The van der Waals surface area contributed by atoms with Crippen LogP contribution >= 0.6 is 0 Å². The Kier molecular flexibility index (Phi) is 5.01. The molecule has 0 fully saturated rings. The second-order valence-electron chi connectivity index (χ2n) is 3.89. The first-order valence-electron chi connectivity index (χ1n) is 5.38. The Labute approximate surface area is 107 Å². The lowest BCUT2D eigenvalue weighted by Crippen LogP contribution is -2.45. The Hall–Kier alpha value is -2.42. The van der Waals surface area contributed by atoms with E-state index >= 15 is 0 Å². The van der Waals surface area contributed by atoms with Crippen LogP contribution in [0.15, 0.2) is 12.5 Å². The Bertz CT molecular complexity index is 458. The summed E-state index contributed by atoms with van der Waals surface area (Å²) >= 11 is 0. The third kappa shape index (κ3) is 4.76. The van der Waals surface area contributed by atoms with Crippen molar-refractivity contribution in [3.05, 3.63) is 18.2 Å². The van der Waals surface area contributed by atoms with Crippen LogP contribution in [-0.2, 0) is 20.8 Å². The molecule has 1 aromatic rings. The second kappa shape index (κ2) is 6.50. The van der Waals surface area contributed by atoms with E-state index < -0.39 is 36.4 Å². The lowest BCUT2D eigenvalue weighted by atomic mass is 10.1. The number of imidazole rings is 1. The molecule has 0 spiro atoms. The van der Waals surface area contributed by atoms with Crippen molar-refractivity contribution in [2.24, 2.45) is 5.73 Å². The molecular formula is C10H14N4O5. The van der Waals surface area contributed by atoms with Crippen LogP contribution in [0, 0.1) is 0 Å². The minimum absolute atomic E-state index is 0.0172. The summed E-state index contributed by atoms with van der Waals surface area (Å²) in [5.41, 5.74) is 5.72. The fourth-order valence-electron chi connectivity index (χ4n) is 1.36. The van der Waals surface area contributed by atoms with Crippen molar-refractivity contribution in [1.82, 2.24) is 15.3 Å². The molecule has 0 aliphatic carbocycles. The minimum Gasteiger partial charge on any atom is -0.480 e. The molecule has 19 heavy (non-hydrogen) atoms. The molecular weight excluding hydrogens is 256 g/mol. The number of amides is 1. The van der Waals surface area contributed by atoms with Gasteiger partial charge in [-0.3, -0.25) is 9.59 Å². The van der Waals surface area contributed by atoms with Crippen molar-refractivity contribution in [3.63, 3.8) is 0 Å². The largest absolute Gasteiger partial charge is 0.480 e. The van der Waals surface area contributed by atoms with Crippen LogP contribution in [0.1, 0.15) is 12.1 Å². The molecule has 0 saturated heterocycles. The molecule has 6 N–H and O–H groups in total. The highest BCUT2D eigenvalue weighted by atomic mass is 16.4. The Morgan fingerprint density at radius 3 is 2.53 bits per heavy atom. The van der Waals surface area contributed by atoms with Gasteiger partial charge in [-0.15, -0.1) is 0 Å². The molecule has 1 rings (SSSR count). The third-order valence-electron chi connectivity index (χ3n) is 2.33. The number of carboxylic acid groups (broad SMARTS) is 2. The predicted molar refractivity (Wildman–Crippen MR) is 62.1 cm³/mol. The van der Waals surface area contributed by atoms with Gasteiger partial charge in [-0.1, -0.05) is 0 Å². The predicted octanol–water partition coefficient (Wildman–Crippen LogP) is -1.68. The quantitative estimate of drug-likeness (QED) is 0.396. The van der Waals surface area contributed by atoms with Gasteiger partial charge in [0.2, 0.25) is 5.91 Å². The van der Waals surface area contributed by atoms with Crippen molar-refractivity contribution >= 4 is 17.8 Å². The molecule has 0 saturated carbocycles. The standard InChI is InChI=1S/C10H14N4O5/c11-6(9(16)17)2-8(15)14-7(10(18)19)1-5-3-12-4-13-5/h3-4,6-7H,1-2,11H2,(H,12,13)(H,14,15)(H,16,17)(H,18,19). The van der Waals surface area contributed by atoms with Crippen molar-refractivity contribution < 1.29 is 24.6 Å². The van der Waals surface area contributed by atoms with Gasteiger partial charge in [-0.05, 0) is 0 Å². The zero-order chi connectivity index (χ0) is 14.4. The number of aromatic nitrogens is 2. The fourth-order valence-corrected chi connectivity index (χ4v) is 1.36. The number of aliphatic carboxylic acids is 2. The van der Waals surface area contributed by atoms with E-state index in [1.54, 1.807) is 0 Å². The van der Waals surface area contributed by atoms with E-state index in [4.69, 9.17) is 15.9 Å². The smallest absolute Gasteiger partial charge is 0.326 e. The van der Waals surface area contributed by atoms with Gasteiger partial charge in [-0.2, -0.15) is 0 Å². The average Bonchev–Trinajstić information content (AvgIpc) is 2.80. The molecule has 0 bridgehead atoms. The summed E-state index contributed by atoms with van der Waals surface area (Å²) in [4.78, 5) is 39.4. The van der Waals surface area contributed by atoms with E-state index in [-0.39, 0.29) is 6.42 Å². The molecule has 0 aliphatic heterocycles. The van der Waals surface area contributed by atoms with Gasteiger partial charge in [0.1, 0.15) is 12.1 Å². The molecule has 0 aliphatic rings. The molecule has 9 nitrogen and oxygen atoms in total. The molecule has 0 aromatic carbocycles. The van der Waals surface area contributed by atoms with E-state index in [1.807, 2.05) is 0 Å². The number of carbonyl (C=O) groups excluding carboxylic acids is 1. The number of nitrogens with two attached hydrogens (primary N) is 1. The Morgan fingerprint density at radius 1 is 1.37 bits per heavy atom. The van der Waals surface area contributed by atoms with Crippen LogP contribution in [0.5, 0.6) is 0 Å². The van der Waals surface area contributed by atoms with E-state index in [2.05, 4.69) is 15.3 Å². The van der Waals surface area contributed by atoms with Gasteiger partial charge in [0.15, 0.2) is 0 Å². The van der Waals surface area contributed by atoms with E-state index in [0.29, 0.717) is 5.69 Å². The molecule has 9 heteroatoms. The summed E-state index contributed by atoms with van der Waals surface area (Å²) in [7, 11) is 0. The average molecular weight is 270 g/mol. The van der Waals surface area contributed by atoms with Gasteiger partial charge >= 0.3 is 11.9 Å². The number of carboxylic acids is 2. The molecule has 1 amide bonds. The maximum atomic E-state index is 11.5. The number of hydrogen-bond donors (Lipinski definition) is 5. The van der Waals surface area contributed by atoms with Crippen LogP contribution in [0.2, 0.25) is 0 Å². The topological polar surface area (TPSA) is 158 Å². The first kappa shape index (κ1) is 14.6. The maximum absolute atomic E-state index is 11.5. The Balaban J connectivity index is 2.56. The van der Waals surface area contributed by atoms with Gasteiger partial charge in [0, 0.05) is 18.3 Å². The van der Waals surface area contributed by atoms with Crippen LogP contribution in [0.3, 0.4) is 0 Å².